The maximum Gasteiger partial charge on any atom is 0.261 e. The molecule has 1 aromatic heterocycles. The minimum Gasteiger partial charge on any atom is -0.252 e. The maximum atomic E-state index is 13.4. The van der Waals surface area contributed by atoms with Gasteiger partial charge in [-0.1, -0.05) is 0 Å². The fraction of sp³-hybridized carbons (Fsp3) is 0. The SMILES string of the molecule is O=S(=O)(Cl)c1ccc(F)c2ncc(I)cc12. The van der Waals surface area contributed by atoms with Gasteiger partial charge in [0, 0.05) is 25.8 Å². The molecule has 16 heavy (non-hydrogen) atoms. The van der Waals surface area contributed by atoms with Crippen LogP contribution in [0.25, 0.3) is 10.9 Å². The van der Waals surface area contributed by atoms with Crippen LogP contribution in [0.3, 0.4) is 0 Å². The highest BCUT2D eigenvalue weighted by Crippen LogP contribution is 2.27. The molecule has 0 aliphatic rings. The van der Waals surface area contributed by atoms with E-state index >= 15 is 0 Å². The lowest BCUT2D eigenvalue weighted by Crippen LogP contribution is -1.95. The van der Waals surface area contributed by atoms with Crippen molar-refractivity contribution in [2.45, 2.75) is 4.90 Å². The zero-order valence-electron chi connectivity index (χ0n) is 7.62. The minimum atomic E-state index is -3.90. The predicted molar refractivity (Wildman–Crippen MR) is 67.5 cm³/mol. The van der Waals surface area contributed by atoms with E-state index in [1.807, 2.05) is 22.6 Å². The summed E-state index contributed by atoms with van der Waals surface area (Å²) in [7, 11) is 1.36. The Morgan fingerprint density at radius 1 is 1.38 bits per heavy atom. The van der Waals surface area contributed by atoms with Gasteiger partial charge in [0.2, 0.25) is 0 Å². The van der Waals surface area contributed by atoms with Crippen molar-refractivity contribution < 1.29 is 12.8 Å². The van der Waals surface area contributed by atoms with E-state index < -0.39 is 14.9 Å². The summed E-state index contributed by atoms with van der Waals surface area (Å²) in [6.07, 6.45) is 1.45. The Balaban J connectivity index is 2.98. The molecule has 0 spiro atoms. The van der Waals surface area contributed by atoms with Crippen molar-refractivity contribution in [1.82, 2.24) is 4.98 Å². The highest BCUT2D eigenvalue weighted by atomic mass is 127. The molecule has 0 aliphatic heterocycles. The number of hydrogen-bond acceptors (Lipinski definition) is 3. The van der Waals surface area contributed by atoms with E-state index in [1.54, 1.807) is 0 Å². The molecule has 0 unspecified atom stereocenters. The molecule has 3 nitrogen and oxygen atoms in total. The number of halogens is 3. The Morgan fingerprint density at radius 3 is 2.69 bits per heavy atom. The van der Waals surface area contributed by atoms with Gasteiger partial charge in [0.15, 0.2) is 0 Å². The van der Waals surface area contributed by atoms with Crippen molar-refractivity contribution in [2.75, 3.05) is 0 Å². The average Bonchev–Trinajstić information content (AvgIpc) is 2.15. The third-order valence-corrected chi connectivity index (χ3v) is 3.96. The maximum absolute atomic E-state index is 13.4. The lowest BCUT2D eigenvalue weighted by atomic mass is 10.2. The molecule has 0 saturated carbocycles. The molecule has 1 heterocycles. The second-order valence-corrected chi connectivity index (χ2v) is 6.81. The van der Waals surface area contributed by atoms with Gasteiger partial charge in [-0.05, 0) is 40.8 Å². The number of rotatable bonds is 1. The molecule has 0 atom stereocenters. The first-order chi connectivity index (χ1) is 7.39. The standard InChI is InChI=1S/C9H4ClFINO2S/c10-16(14,15)8-2-1-7(11)9-6(8)3-5(12)4-13-9/h1-4H. The summed E-state index contributed by atoms with van der Waals surface area (Å²) in [6, 6.07) is 3.70. The topological polar surface area (TPSA) is 47.0 Å². The zero-order chi connectivity index (χ0) is 11.9. The summed E-state index contributed by atoms with van der Waals surface area (Å²) >= 11 is 1.96. The number of nitrogens with zero attached hydrogens (tertiary/aromatic N) is 1. The van der Waals surface area contributed by atoms with Crippen LogP contribution in [0.1, 0.15) is 0 Å². The highest BCUT2D eigenvalue weighted by molar-refractivity contribution is 14.1. The smallest absolute Gasteiger partial charge is 0.252 e. The molecule has 2 rings (SSSR count). The molecule has 0 saturated heterocycles. The van der Waals surface area contributed by atoms with Crippen LogP contribution in [0.5, 0.6) is 0 Å². The Kier molecular flexibility index (Phi) is 3.06. The van der Waals surface area contributed by atoms with E-state index in [2.05, 4.69) is 4.98 Å². The van der Waals surface area contributed by atoms with Crippen LogP contribution >= 0.6 is 33.3 Å². The van der Waals surface area contributed by atoms with E-state index in [4.69, 9.17) is 10.7 Å². The molecule has 7 heteroatoms. The first-order valence-corrected chi connectivity index (χ1v) is 7.47. The zero-order valence-corrected chi connectivity index (χ0v) is 11.3. The van der Waals surface area contributed by atoms with Crippen LogP contribution in [-0.4, -0.2) is 13.4 Å². The van der Waals surface area contributed by atoms with Gasteiger partial charge in [0.05, 0.1) is 4.90 Å². The summed E-state index contributed by atoms with van der Waals surface area (Å²) in [6.45, 7) is 0. The van der Waals surface area contributed by atoms with Crippen LogP contribution in [0, 0.1) is 9.39 Å². The summed E-state index contributed by atoms with van der Waals surface area (Å²) in [5.74, 6) is -0.574. The minimum absolute atomic E-state index is 0.00198. The van der Waals surface area contributed by atoms with Gasteiger partial charge in [-0.15, -0.1) is 0 Å². The van der Waals surface area contributed by atoms with Crippen LogP contribution in [0.15, 0.2) is 29.3 Å². The number of pyridine rings is 1. The van der Waals surface area contributed by atoms with E-state index in [9.17, 15) is 12.8 Å². The van der Waals surface area contributed by atoms with Crippen molar-refractivity contribution in [3.05, 3.63) is 33.8 Å². The van der Waals surface area contributed by atoms with E-state index in [1.165, 1.54) is 12.3 Å². The lowest BCUT2D eigenvalue weighted by Gasteiger charge is -2.04. The van der Waals surface area contributed by atoms with E-state index in [0.29, 0.717) is 3.57 Å². The van der Waals surface area contributed by atoms with Gasteiger partial charge in [-0.3, -0.25) is 4.98 Å². The summed E-state index contributed by atoms with van der Waals surface area (Å²) < 4.78 is 36.7. The molecule has 0 radical (unpaired) electrons. The van der Waals surface area contributed by atoms with Crippen molar-refractivity contribution in [3.63, 3.8) is 0 Å². The van der Waals surface area contributed by atoms with Gasteiger partial charge in [-0.25, -0.2) is 12.8 Å². The molecule has 2 aromatic rings. The fourth-order valence-electron chi connectivity index (χ4n) is 1.35. The van der Waals surface area contributed by atoms with Crippen molar-refractivity contribution in [2.24, 2.45) is 0 Å². The monoisotopic (exact) mass is 371 g/mol. The number of aromatic nitrogens is 1. The van der Waals surface area contributed by atoms with Crippen LogP contribution in [-0.2, 0) is 9.05 Å². The number of benzene rings is 1. The van der Waals surface area contributed by atoms with E-state index in [0.717, 1.165) is 12.1 Å². The third-order valence-electron chi connectivity index (χ3n) is 1.99. The Hall–Kier alpha value is -0.470. The van der Waals surface area contributed by atoms with Gasteiger partial charge in [-0.2, -0.15) is 0 Å². The van der Waals surface area contributed by atoms with Crippen molar-refractivity contribution in [1.29, 1.82) is 0 Å². The van der Waals surface area contributed by atoms with Crippen LogP contribution in [0.4, 0.5) is 4.39 Å². The lowest BCUT2D eigenvalue weighted by molar-refractivity contribution is 0.609. The van der Waals surface area contributed by atoms with Crippen LogP contribution in [0.2, 0.25) is 0 Å². The second kappa shape index (κ2) is 4.08. The molecule has 1 aromatic carbocycles. The molecule has 0 fully saturated rings. The molecule has 0 aliphatic carbocycles. The number of fused-ring (bicyclic) bond motifs is 1. The second-order valence-electron chi connectivity index (χ2n) is 3.03. The van der Waals surface area contributed by atoms with E-state index in [-0.39, 0.29) is 15.8 Å². The Morgan fingerprint density at radius 2 is 2.06 bits per heavy atom. The Labute approximate surface area is 109 Å². The fourth-order valence-corrected chi connectivity index (χ4v) is 2.85. The molecule has 0 bridgehead atoms. The largest absolute Gasteiger partial charge is 0.261 e. The highest BCUT2D eigenvalue weighted by Gasteiger charge is 2.17. The molecule has 0 N–H and O–H groups in total. The van der Waals surface area contributed by atoms with Gasteiger partial charge < -0.3 is 0 Å². The predicted octanol–water partition coefficient (Wildman–Crippen LogP) is 2.91. The van der Waals surface area contributed by atoms with Gasteiger partial charge in [0.25, 0.3) is 9.05 Å². The summed E-state index contributed by atoms with van der Waals surface area (Å²) in [4.78, 5) is 3.72. The van der Waals surface area contributed by atoms with Crippen molar-refractivity contribution >= 4 is 53.2 Å². The molecule has 84 valence electrons. The first-order valence-electron chi connectivity index (χ1n) is 4.08. The van der Waals surface area contributed by atoms with Gasteiger partial charge in [0.1, 0.15) is 11.3 Å². The molecular weight excluding hydrogens is 368 g/mol. The van der Waals surface area contributed by atoms with Gasteiger partial charge >= 0.3 is 0 Å². The third kappa shape index (κ3) is 2.14. The summed E-state index contributed by atoms with van der Waals surface area (Å²) in [5.41, 5.74) is 0.00198. The normalized spacial score (nSPS) is 11.9. The number of hydrogen-bond donors (Lipinski definition) is 0. The molecule has 0 amide bonds. The molecular formula is C9H4ClFINO2S. The average molecular weight is 372 g/mol. The quantitative estimate of drug-likeness (QED) is 0.572. The van der Waals surface area contributed by atoms with Crippen molar-refractivity contribution in [3.8, 4) is 0 Å². The summed E-state index contributed by atoms with van der Waals surface area (Å²) in [5, 5.41) is 0.196. The Bertz CT molecular complexity index is 675. The first kappa shape index (κ1) is 12.0. The van der Waals surface area contributed by atoms with Crippen LogP contribution < -0.4 is 0 Å².